The zero-order valence-corrected chi connectivity index (χ0v) is 9.77. The van der Waals surface area contributed by atoms with Gasteiger partial charge in [-0.1, -0.05) is 0 Å². The fourth-order valence-corrected chi connectivity index (χ4v) is 1.51. The zero-order chi connectivity index (χ0) is 12.5. The van der Waals surface area contributed by atoms with Crippen molar-refractivity contribution in [3.05, 3.63) is 18.1 Å². The predicted octanol–water partition coefficient (Wildman–Crippen LogP) is -0.741. The maximum absolute atomic E-state index is 11.6. The highest BCUT2D eigenvalue weighted by atomic mass is 16.3. The summed E-state index contributed by atoms with van der Waals surface area (Å²) in [6, 6.07) is 0. The number of carbonyl (C=O) groups is 1. The van der Waals surface area contributed by atoms with Crippen molar-refractivity contribution in [3.63, 3.8) is 0 Å². The fourth-order valence-electron chi connectivity index (χ4n) is 1.51. The molecular weight excluding hydrogens is 222 g/mol. The average molecular weight is 237 g/mol. The smallest absolute Gasteiger partial charge is 0.258 e. The molecule has 0 atom stereocenters. The molecule has 1 aromatic rings. The molecule has 0 radical (unpaired) electrons. The topological polar surface area (TPSA) is 90.4 Å². The number of carbonyl (C=O) groups excluding carboxylic acids is 1. The van der Waals surface area contributed by atoms with Crippen molar-refractivity contribution in [1.29, 1.82) is 0 Å². The van der Waals surface area contributed by atoms with Crippen LogP contribution in [0.3, 0.4) is 0 Å². The molecule has 0 fully saturated rings. The van der Waals surface area contributed by atoms with E-state index in [0.29, 0.717) is 18.1 Å². The van der Waals surface area contributed by atoms with Gasteiger partial charge in [-0.05, 0) is 13.8 Å². The fraction of sp³-hybridized carbons (Fsp3) is 0.500. The highest BCUT2D eigenvalue weighted by Crippen LogP contribution is 2.18. The lowest BCUT2D eigenvalue weighted by atomic mass is 10.1. The van der Waals surface area contributed by atoms with Crippen molar-refractivity contribution in [3.8, 4) is 0 Å². The van der Waals surface area contributed by atoms with Gasteiger partial charge in [-0.25, -0.2) is 15.4 Å². The summed E-state index contributed by atoms with van der Waals surface area (Å²) >= 11 is 0. The van der Waals surface area contributed by atoms with Crippen LogP contribution in [-0.4, -0.2) is 39.8 Å². The number of fused-ring (bicyclic) bond motifs is 1. The quantitative estimate of drug-likeness (QED) is 0.641. The number of anilines is 1. The number of aromatic nitrogens is 2. The van der Waals surface area contributed by atoms with Crippen molar-refractivity contribution in [2.24, 2.45) is 0 Å². The summed E-state index contributed by atoms with van der Waals surface area (Å²) < 4.78 is 0. The Labute approximate surface area is 98.8 Å². The predicted molar refractivity (Wildman–Crippen MR) is 61.1 cm³/mol. The molecule has 3 N–H and O–H groups in total. The second-order valence-electron chi connectivity index (χ2n) is 4.51. The highest BCUT2D eigenvalue weighted by Gasteiger charge is 2.28. The third kappa shape index (κ3) is 2.34. The van der Waals surface area contributed by atoms with Gasteiger partial charge in [-0.3, -0.25) is 9.80 Å². The van der Waals surface area contributed by atoms with E-state index in [1.54, 1.807) is 5.01 Å². The Morgan fingerprint density at radius 3 is 3.12 bits per heavy atom. The summed E-state index contributed by atoms with van der Waals surface area (Å²) in [6.45, 7) is 3.97. The molecular formula is C10H15N5O2. The van der Waals surface area contributed by atoms with Gasteiger partial charge in [0, 0.05) is 6.20 Å². The first-order valence-corrected chi connectivity index (χ1v) is 5.28. The summed E-state index contributed by atoms with van der Waals surface area (Å²) in [7, 11) is 0. The first-order valence-electron chi connectivity index (χ1n) is 5.28. The molecule has 1 amide bonds. The molecule has 0 aromatic carbocycles. The minimum atomic E-state index is -0.496. The van der Waals surface area contributed by atoms with E-state index in [1.807, 2.05) is 13.8 Å². The highest BCUT2D eigenvalue weighted by molar-refractivity contribution is 6.00. The minimum Gasteiger partial charge on any atom is -0.394 e. The van der Waals surface area contributed by atoms with Crippen LogP contribution in [0.1, 0.15) is 24.2 Å². The Morgan fingerprint density at radius 2 is 2.41 bits per heavy atom. The average Bonchev–Trinajstić information content (AvgIpc) is 2.33. The van der Waals surface area contributed by atoms with Crippen molar-refractivity contribution in [2.45, 2.75) is 19.4 Å². The Bertz CT molecular complexity index is 434. The molecule has 7 heteroatoms. The number of aliphatic hydroxyl groups is 1. The third-order valence-corrected chi connectivity index (χ3v) is 2.42. The monoisotopic (exact) mass is 237 g/mol. The largest absolute Gasteiger partial charge is 0.394 e. The minimum absolute atomic E-state index is 0.0299. The van der Waals surface area contributed by atoms with Gasteiger partial charge in [0.1, 0.15) is 18.6 Å². The lowest BCUT2D eigenvalue weighted by molar-refractivity contribution is 0.0939. The number of rotatable bonds is 3. The van der Waals surface area contributed by atoms with Crippen molar-refractivity contribution >= 4 is 11.7 Å². The van der Waals surface area contributed by atoms with Crippen molar-refractivity contribution in [2.75, 3.05) is 18.3 Å². The van der Waals surface area contributed by atoms with Gasteiger partial charge in [-0.15, -0.1) is 0 Å². The van der Waals surface area contributed by atoms with Crippen LogP contribution in [0.5, 0.6) is 0 Å². The lowest BCUT2D eigenvalue weighted by Crippen LogP contribution is -2.59. The molecule has 7 nitrogen and oxygen atoms in total. The van der Waals surface area contributed by atoms with E-state index in [2.05, 4.69) is 20.7 Å². The standard InChI is InChI=1S/C10H15N5O2/c1-10(2,4-16)14-15-6-13-9(17)7-3-11-5-12-8(7)15/h3,5,14,16H,4,6H2,1-2H3,(H,13,17). The first kappa shape index (κ1) is 11.7. The van der Waals surface area contributed by atoms with Gasteiger partial charge in [0.25, 0.3) is 5.91 Å². The van der Waals surface area contributed by atoms with Gasteiger partial charge < -0.3 is 10.4 Å². The van der Waals surface area contributed by atoms with E-state index in [4.69, 9.17) is 0 Å². The molecule has 0 unspecified atom stereocenters. The summed E-state index contributed by atoms with van der Waals surface area (Å²) in [5.41, 5.74) is 3.02. The molecule has 0 saturated heterocycles. The molecule has 0 spiro atoms. The number of amides is 1. The molecule has 0 saturated carbocycles. The van der Waals surface area contributed by atoms with E-state index < -0.39 is 5.54 Å². The first-order chi connectivity index (χ1) is 8.03. The SMILES string of the molecule is CC(C)(CO)NN1CNC(=O)c2cncnc21. The molecule has 92 valence electrons. The van der Waals surface area contributed by atoms with Crippen molar-refractivity contribution < 1.29 is 9.90 Å². The number of hydrogen-bond donors (Lipinski definition) is 3. The van der Waals surface area contributed by atoms with Gasteiger partial charge in [0.05, 0.1) is 12.1 Å². The number of aliphatic hydroxyl groups excluding tert-OH is 1. The molecule has 2 heterocycles. The van der Waals surface area contributed by atoms with E-state index in [-0.39, 0.29) is 12.5 Å². The molecule has 1 aliphatic rings. The normalized spacial score (nSPS) is 15.5. The van der Waals surface area contributed by atoms with Crippen molar-refractivity contribution in [1.82, 2.24) is 20.7 Å². The van der Waals surface area contributed by atoms with Crippen LogP contribution in [0.2, 0.25) is 0 Å². The lowest BCUT2D eigenvalue weighted by Gasteiger charge is -2.36. The van der Waals surface area contributed by atoms with Crippen LogP contribution in [0.25, 0.3) is 0 Å². The molecule has 1 aromatic heterocycles. The Morgan fingerprint density at radius 1 is 1.65 bits per heavy atom. The van der Waals surface area contributed by atoms with E-state index >= 15 is 0 Å². The molecule has 17 heavy (non-hydrogen) atoms. The summed E-state index contributed by atoms with van der Waals surface area (Å²) in [5.74, 6) is 0.325. The summed E-state index contributed by atoms with van der Waals surface area (Å²) in [4.78, 5) is 19.5. The van der Waals surface area contributed by atoms with Gasteiger partial charge >= 0.3 is 0 Å². The van der Waals surface area contributed by atoms with E-state index in [9.17, 15) is 9.90 Å². The van der Waals surface area contributed by atoms with E-state index in [1.165, 1.54) is 12.5 Å². The van der Waals surface area contributed by atoms with Gasteiger partial charge in [-0.2, -0.15) is 0 Å². The molecule has 2 rings (SSSR count). The summed E-state index contributed by atoms with van der Waals surface area (Å²) in [6.07, 6.45) is 2.86. The van der Waals surface area contributed by atoms with Gasteiger partial charge in [0.15, 0.2) is 5.82 Å². The van der Waals surface area contributed by atoms with Gasteiger partial charge in [0.2, 0.25) is 0 Å². The maximum Gasteiger partial charge on any atom is 0.258 e. The molecule has 0 aliphatic carbocycles. The van der Waals surface area contributed by atoms with Crippen LogP contribution in [0.15, 0.2) is 12.5 Å². The summed E-state index contributed by atoms with van der Waals surface area (Å²) in [5, 5.41) is 13.6. The van der Waals surface area contributed by atoms with Crippen LogP contribution < -0.4 is 15.8 Å². The van der Waals surface area contributed by atoms with Crippen LogP contribution in [-0.2, 0) is 0 Å². The second-order valence-corrected chi connectivity index (χ2v) is 4.51. The number of hydrazine groups is 1. The molecule has 1 aliphatic heterocycles. The van der Waals surface area contributed by atoms with Crippen LogP contribution >= 0.6 is 0 Å². The number of hydrogen-bond acceptors (Lipinski definition) is 6. The maximum atomic E-state index is 11.6. The van der Waals surface area contributed by atoms with E-state index in [0.717, 1.165) is 0 Å². The zero-order valence-electron chi connectivity index (χ0n) is 9.77. The Balaban J connectivity index is 2.27. The Hall–Kier alpha value is -1.73. The Kier molecular flexibility index (Phi) is 2.95. The third-order valence-electron chi connectivity index (χ3n) is 2.42. The van der Waals surface area contributed by atoms with Crippen LogP contribution in [0, 0.1) is 0 Å². The van der Waals surface area contributed by atoms with Crippen LogP contribution in [0.4, 0.5) is 5.82 Å². The number of nitrogens with one attached hydrogen (secondary N) is 2. The molecule has 0 bridgehead atoms. The number of nitrogens with zero attached hydrogens (tertiary/aromatic N) is 3. The second kappa shape index (κ2) is 4.27.